The number of carbonyl (C=O) groups is 1. The SMILES string of the molecule is CC(=O)OCC(C)CC(O)C(NCCCCNCCCN)[C@@H](C)[C@H]1CC[C@H]2[C@@H]3CCC4CCCC[C@]4(C)[C@H]3CC[C@]12C. The van der Waals surface area contributed by atoms with E-state index in [0.717, 1.165) is 69.1 Å². The van der Waals surface area contributed by atoms with Gasteiger partial charge < -0.3 is 26.2 Å². The molecule has 0 aromatic heterocycles. The van der Waals surface area contributed by atoms with Gasteiger partial charge in [0.2, 0.25) is 0 Å². The second-order valence-corrected chi connectivity index (χ2v) is 15.8. The fourth-order valence-corrected chi connectivity index (χ4v) is 11.0. The van der Waals surface area contributed by atoms with E-state index in [0.29, 0.717) is 35.7 Å². The molecule has 0 radical (unpaired) electrons. The molecule has 4 rings (SSSR count). The number of esters is 1. The first-order chi connectivity index (χ1) is 20.1. The number of unbranched alkanes of at least 4 members (excludes halogenated alkanes) is 1. The van der Waals surface area contributed by atoms with Gasteiger partial charge in [0, 0.05) is 13.0 Å². The Labute approximate surface area is 258 Å². The number of aliphatic hydroxyl groups excluding tert-OH is 1. The van der Waals surface area contributed by atoms with Gasteiger partial charge in [-0.2, -0.15) is 0 Å². The average Bonchev–Trinajstić information content (AvgIpc) is 3.32. The predicted molar refractivity (Wildman–Crippen MR) is 173 cm³/mol. The molecule has 4 aliphatic carbocycles. The maximum Gasteiger partial charge on any atom is 0.302 e. The lowest BCUT2D eigenvalue weighted by Gasteiger charge is -2.61. The van der Waals surface area contributed by atoms with E-state index in [-0.39, 0.29) is 17.9 Å². The van der Waals surface area contributed by atoms with E-state index in [1.165, 1.54) is 71.1 Å². The number of ether oxygens (including phenoxy) is 1. The Morgan fingerprint density at radius 2 is 1.67 bits per heavy atom. The number of carbonyl (C=O) groups excluding carboxylic acids is 1. The Morgan fingerprint density at radius 1 is 0.929 bits per heavy atom. The lowest BCUT2D eigenvalue weighted by Crippen LogP contribution is -2.55. The second-order valence-electron chi connectivity index (χ2n) is 15.8. The first-order valence-electron chi connectivity index (χ1n) is 18.1. The van der Waals surface area contributed by atoms with Crippen LogP contribution in [0.15, 0.2) is 0 Å². The highest BCUT2D eigenvalue weighted by Gasteiger charge is 2.60. The molecule has 0 heterocycles. The molecule has 0 bridgehead atoms. The van der Waals surface area contributed by atoms with E-state index < -0.39 is 6.10 Å². The van der Waals surface area contributed by atoms with Crippen molar-refractivity contribution < 1.29 is 14.6 Å². The number of hydrogen-bond donors (Lipinski definition) is 4. The summed E-state index contributed by atoms with van der Waals surface area (Å²) >= 11 is 0. The topological polar surface area (TPSA) is 96.6 Å². The Hall–Kier alpha value is -0.690. The maximum atomic E-state index is 11.7. The molecule has 4 saturated carbocycles. The van der Waals surface area contributed by atoms with Gasteiger partial charge in [0.1, 0.15) is 0 Å². The number of hydrogen-bond acceptors (Lipinski definition) is 6. The minimum absolute atomic E-state index is 0.0693. The number of rotatable bonds is 16. The summed E-state index contributed by atoms with van der Waals surface area (Å²) in [4.78, 5) is 11.4. The summed E-state index contributed by atoms with van der Waals surface area (Å²) in [6.07, 6.45) is 17.7. The van der Waals surface area contributed by atoms with Crippen molar-refractivity contribution in [1.29, 1.82) is 0 Å². The van der Waals surface area contributed by atoms with Crippen molar-refractivity contribution in [2.24, 2.45) is 58.0 Å². The molecule has 0 aromatic carbocycles. The molecule has 11 atom stereocenters. The summed E-state index contributed by atoms with van der Waals surface area (Å²) in [5, 5.41) is 19.0. The van der Waals surface area contributed by atoms with Crippen molar-refractivity contribution in [3.63, 3.8) is 0 Å². The van der Waals surface area contributed by atoms with Gasteiger partial charge in [-0.25, -0.2) is 0 Å². The van der Waals surface area contributed by atoms with E-state index in [2.05, 4.69) is 38.3 Å². The minimum Gasteiger partial charge on any atom is -0.466 e. The van der Waals surface area contributed by atoms with E-state index >= 15 is 0 Å². The standard InChI is InChI=1S/C36H67N3O3/c1-25(24-42-27(3)40)23-33(41)34(39-22-9-8-20-38-21-10-19-37)26(2)30-14-15-31-29-13-12-28-11-6-7-17-35(28,4)32(29)16-18-36(30,31)5/h25-26,28-34,38-39,41H,6-24,37H2,1-5H3/t25?,26-,28?,29-,30+,31-,32-,33?,34?,35-,36+/m0/s1. The van der Waals surface area contributed by atoms with Gasteiger partial charge in [-0.15, -0.1) is 0 Å². The first kappa shape index (κ1) is 34.2. The molecule has 42 heavy (non-hydrogen) atoms. The van der Waals surface area contributed by atoms with Crippen LogP contribution < -0.4 is 16.4 Å². The van der Waals surface area contributed by atoms with E-state index in [4.69, 9.17) is 10.5 Å². The third-order valence-corrected chi connectivity index (χ3v) is 13.2. The molecule has 0 saturated heterocycles. The fourth-order valence-electron chi connectivity index (χ4n) is 11.0. The van der Waals surface area contributed by atoms with Crippen molar-refractivity contribution in [3.8, 4) is 0 Å². The molecule has 4 fully saturated rings. The van der Waals surface area contributed by atoms with Gasteiger partial charge in [0.25, 0.3) is 0 Å². The van der Waals surface area contributed by atoms with E-state index in [1.807, 2.05) is 0 Å². The van der Waals surface area contributed by atoms with Gasteiger partial charge in [-0.05, 0) is 155 Å². The highest BCUT2D eigenvalue weighted by Crippen LogP contribution is 2.68. The fraction of sp³-hybridized carbons (Fsp3) is 0.972. The van der Waals surface area contributed by atoms with Crippen LogP contribution in [0.2, 0.25) is 0 Å². The van der Waals surface area contributed by atoms with Gasteiger partial charge in [0.15, 0.2) is 0 Å². The van der Waals surface area contributed by atoms with Crippen LogP contribution in [0.4, 0.5) is 0 Å². The summed E-state index contributed by atoms with van der Waals surface area (Å²) in [6.45, 7) is 15.4. The van der Waals surface area contributed by atoms with Crippen molar-refractivity contribution in [2.75, 3.05) is 32.8 Å². The summed E-state index contributed by atoms with van der Waals surface area (Å²) < 4.78 is 5.30. The van der Waals surface area contributed by atoms with Crippen molar-refractivity contribution >= 4 is 5.97 Å². The highest BCUT2D eigenvalue weighted by atomic mass is 16.5. The molecule has 0 aliphatic heterocycles. The van der Waals surface area contributed by atoms with Gasteiger partial charge in [-0.3, -0.25) is 4.79 Å². The third-order valence-electron chi connectivity index (χ3n) is 13.2. The van der Waals surface area contributed by atoms with E-state index in [9.17, 15) is 9.90 Å². The van der Waals surface area contributed by atoms with Crippen molar-refractivity contribution in [2.45, 2.75) is 137 Å². The first-order valence-corrected chi connectivity index (χ1v) is 18.1. The number of fused-ring (bicyclic) bond motifs is 5. The largest absolute Gasteiger partial charge is 0.466 e. The molecule has 5 N–H and O–H groups in total. The Balaban J connectivity index is 1.41. The van der Waals surface area contributed by atoms with Crippen LogP contribution in [-0.4, -0.2) is 56.0 Å². The molecule has 244 valence electrons. The minimum atomic E-state index is -0.441. The molecular weight excluding hydrogens is 522 g/mol. The van der Waals surface area contributed by atoms with Gasteiger partial charge in [0.05, 0.1) is 12.7 Å². The van der Waals surface area contributed by atoms with Crippen LogP contribution >= 0.6 is 0 Å². The predicted octanol–water partition coefficient (Wildman–Crippen LogP) is 6.30. The zero-order chi connectivity index (χ0) is 30.3. The van der Waals surface area contributed by atoms with Crippen molar-refractivity contribution in [3.05, 3.63) is 0 Å². The van der Waals surface area contributed by atoms with Gasteiger partial charge in [-0.1, -0.05) is 40.5 Å². The zero-order valence-corrected chi connectivity index (χ0v) is 28.0. The molecule has 4 aliphatic rings. The molecular formula is C36H67N3O3. The summed E-state index contributed by atoms with van der Waals surface area (Å²) in [5.41, 5.74) is 6.59. The van der Waals surface area contributed by atoms with Crippen molar-refractivity contribution in [1.82, 2.24) is 10.6 Å². The second kappa shape index (κ2) is 15.5. The maximum absolute atomic E-state index is 11.7. The molecule has 0 aromatic rings. The van der Waals surface area contributed by atoms with Crippen LogP contribution in [0.5, 0.6) is 0 Å². The third kappa shape index (κ3) is 7.74. The lowest BCUT2D eigenvalue weighted by molar-refractivity contribution is -0.142. The molecule has 0 amide bonds. The Morgan fingerprint density at radius 3 is 2.43 bits per heavy atom. The quantitative estimate of drug-likeness (QED) is 0.125. The zero-order valence-electron chi connectivity index (χ0n) is 28.0. The lowest BCUT2D eigenvalue weighted by atomic mass is 9.44. The average molecular weight is 590 g/mol. The number of nitrogens with two attached hydrogens (primary N) is 1. The van der Waals surface area contributed by atoms with Crippen LogP contribution in [-0.2, 0) is 9.53 Å². The Bertz CT molecular complexity index is 840. The summed E-state index contributed by atoms with van der Waals surface area (Å²) in [6, 6.07) is 0.0693. The molecule has 4 unspecified atom stereocenters. The monoisotopic (exact) mass is 590 g/mol. The normalized spacial score (nSPS) is 37.2. The number of nitrogens with one attached hydrogen (secondary N) is 2. The summed E-state index contributed by atoms with van der Waals surface area (Å²) in [5.74, 6) is 4.63. The van der Waals surface area contributed by atoms with Crippen LogP contribution in [0.1, 0.15) is 125 Å². The highest BCUT2D eigenvalue weighted by molar-refractivity contribution is 5.65. The van der Waals surface area contributed by atoms with Crippen LogP contribution in [0.3, 0.4) is 0 Å². The Kier molecular flexibility index (Phi) is 12.7. The van der Waals surface area contributed by atoms with Crippen LogP contribution in [0, 0.1) is 52.3 Å². The smallest absolute Gasteiger partial charge is 0.302 e. The molecule has 6 heteroatoms. The summed E-state index contributed by atoms with van der Waals surface area (Å²) in [7, 11) is 0. The van der Waals surface area contributed by atoms with E-state index in [1.54, 1.807) is 0 Å². The number of aliphatic hydroxyl groups is 1. The van der Waals surface area contributed by atoms with Gasteiger partial charge >= 0.3 is 5.97 Å². The van der Waals surface area contributed by atoms with Crippen LogP contribution in [0.25, 0.3) is 0 Å². The molecule has 6 nitrogen and oxygen atoms in total. The molecule has 0 spiro atoms.